The standard InChI is InChI=1S/C13H18BrClN2/c1-13(2)5-3-10(4-6-13)17-12-11(15)7-9(14)8-16-12/h7-8,10H,3-6H2,1-2H3,(H,16,17). The monoisotopic (exact) mass is 316 g/mol. The quantitative estimate of drug-likeness (QED) is 0.841. The first-order valence-corrected chi connectivity index (χ1v) is 7.21. The van der Waals surface area contributed by atoms with Crippen molar-refractivity contribution in [2.24, 2.45) is 5.41 Å². The van der Waals surface area contributed by atoms with E-state index < -0.39 is 0 Å². The zero-order valence-electron chi connectivity index (χ0n) is 10.3. The average molecular weight is 318 g/mol. The molecule has 0 aliphatic heterocycles. The summed E-state index contributed by atoms with van der Waals surface area (Å²) in [6.07, 6.45) is 6.70. The van der Waals surface area contributed by atoms with Crippen molar-refractivity contribution in [1.82, 2.24) is 4.98 Å². The van der Waals surface area contributed by atoms with Crippen LogP contribution in [-0.2, 0) is 0 Å². The van der Waals surface area contributed by atoms with Crippen molar-refractivity contribution in [3.63, 3.8) is 0 Å². The van der Waals surface area contributed by atoms with Crippen molar-refractivity contribution in [3.8, 4) is 0 Å². The van der Waals surface area contributed by atoms with Crippen LogP contribution in [0.1, 0.15) is 39.5 Å². The Hall–Kier alpha value is -0.280. The summed E-state index contributed by atoms with van der Waals surface area (Å²) in [5, 5.41) is 4.13. The highest BCUT2D eigenvalue weighted by atomic mass is 79.9. The van der Waals surface area contributed by atoms with Gasteiger partial charge in [0.25, 0.3) is 0 Å². The molecule has 94 valence electrons. The Kier molecular flexibility index (Phi) is 3.99. The van der Waals surface area contributed by atoms with Gasteiger partial charge in [-0.1, -0.05) is 25.4 Å². The molecule has 1 saturated carbocycles. The van der Waals surface area contributed by atoms with Crippen LogP contribution in [0, 0.1) is 5.41 Å². The molecule has 1 aromatic heterocycles. The second kappa shape index (κ2) is 5.15. The van der Waals surface area contributed by atoms with E-state index in [4.69, 9.17) is 11.6 Å². The molecule has 0 bridgehead atoms. The number of nitrogens with zero attached hydrogens (tertiary/aromatic N) is 1. The number of rotatable bonds is 2. The molecule has 0 spiro atoms. The lowest BCUT2D eigenvalue weighted by molar-refractivity contribution is 0.232. The highest BCUT2D eigenvalue weighted by Crippen LogP contribution is 2.36. The third kappa shape index (κ3) is 3.59. The molecular weight excluding hydrogens is 300 g/mol. The van der Waals surface area contributed by atoms with Crippen LogP contribution in [0.2, 0.25) is 5.02 Å². The smallest absolute Gasteiger partial charge is 0.145 e. The molecule has 1 aliphatic rings. The zero-order valence-corrected chi connectivity index (χ0v) is 12.6. The van der Waals surface area contributed by atoms with E-state index in [2.05, 4.69) is 40.1 Å². The first-order valence-electron chi connectivity index (χ1n) is 6.04. The number of halogens is 2. The van der Waals surface area contributed by atoms with E-state index in [1.54, 1.807) is 6.20 Å². The molecule has 1 aliphatic carbocycles. The fraction of sp³-hybridized carbons (Fsp3) is 0.615. The maximum absolute atomic E-state index is 6.15. The van der Waals surface area contributed by atoms with E-state index in [0.717, 1.165) is 10.3 Å². The van der Waals surface area contributed by atoms with Gasteiger partial charge in [-0.2, -0.15) is 0 Å². The van der Waals surface area contributed by atoms with Crippen LogP contribution >= 0.6 is 27.5 Å². The van der Waals surface area contributed by atoms with Crippen LogP contribution in [0.5, 0.6) is 0 Å². The maximum atomic E-state index is 6.15. The zero-order chi connectivity index (χ0) is 12.5. The van der Waals surface area contributed by atoms with Gasteiger partial charge < -0.3 is 5.32 Å². The molecule has 1 aromatic rings. The van der Waals surface area contributed by atoms with Crippen molar-refractivity contribution in [2.75, 3.05) is 5.32 Å². The van der Waals surface area contributed by atoms with Gasteiger partial charge in [0.1, 0.15) is 5.82 Å². The maximum Gasteiger partial charge on any atom is 0.145 e. The van der Waals surface area contributed by atoms with Gasteiger partial charge in [-0.25, -0.2) is 4.98 Å². The van der Waals surface area contributed by atoms with E-state index >= 15 is 0 Å². The lowest BCUT2D eigenvalue weighted by Crippen LogP contribution is -2.30. The van der Waals surface area contributed by atoms with E-state index in [1.807, 2.05) is 6.07 Å². The largest absolute Gasteiger partial charge is 0.366 e. The van der Waals surface area contributed by atoms with Gasteiger partial charge >= 0.3 is 0 Å². The Bertz CT molecular complexity index is 396. The Balaban J connectivity index is 1.98. The minimum absolute atomic E-state index is 0.495. The van der Waals surface area contributed by atoms with Crippen LogP contribution < -0.4 is 5.32 Å². The molecule has 4 heteroatoms. The molecule has 1 N–H and O–H groups in total. The van der Waals surface area contributed by atoms with E-state index in [-0.39, 0.29) is 0 Å². The van der Waals surface area contributed by atoms with Crippen LogP contribution in [0.25, 0.3) is 0 Å². The van der Waals surface area contributed by atoms with Crippen LogP contribution in [0.15, 0.2) is 16.7 Å². The summed E-state index contributed by atoms with van der Waals surface area (Å²) in [6, 6.07) is 2.39. The van der Waals surface area contributed by atoms with Crippen molar-refractivity contribution < 1.29 is 0 Å². The fourth-order valence-electron chi connectivity index (χ4n) is 2.26. The van der Waals surface area contributed by atoms with Crippen molar-refractivity contribution in [2.45, 2.75) is 45.6 Å². The third-order valence-electron chi connectivity index (χ3n) is 3.49. The lowest BCUT2D eigenvalue weighted by atomic mass is 9.75. The van der Waals surface area contributed by atoms with Gasteiger partial charge in [-0.05, 0) is 53.1 Å². The minimum Gasteiger partial charge on any atom is -0.366 e. The molecule has 0 aromatic carbocycles. The number of pyridine rings is 1. The highest BCUT2D eigenvalue weighted by molar-refractivity contribution is 9.10. The predicted octanol–water partition coefficient (Wildman–Crippen LogP) is 4.88. The number of hydrogen-bond donors (Lipinski definition) is 1. The first kappa shape index (κ1) is 13.2. The molecule has 0 atom stereocenters. The van der Waals surface area contributed by atoms with Crippen LogP contribution in [0.4, 0.5) is 5.82 Å². The lowest BCUT2D eigenvalue weighted by Gasteiger charge is -2.34. The van der Waals surface area contributed by atoms with Gasteiger partial charge in [-0.3, -0.25) is 0 Å². The number of aromatic nitrogens is 1. The Morgan fingerprint density at radius 1 is 1.41 bits per heavy atom. The summed E-state index contributed by atoms with van der Waals surface area (Å²) < 4.78 is 0.915. The molecule has 0 amide bonds. The summed E-state index contributed by atoms with van der Waals surface area (Å²) in [5.74, 6) is 0.805. The van der Waals surface area contributed by atoms with Gasteiger partial charge in [0.05, 0.1) is 5.02 Å². The Labute approximate surface area is 116 Å². The topological polar surface area (TPSA) is 24.9 Å². The second-order valence-corrected chi connectivity index (χ2v) is 6.89. The van der Waals surface area contributed by atoms with Gasteiger partial charge in [0.15, 0.2) is 0 Å². The van der Waals surface area contributed by atoms with Gasteiger partial charge in [0.2, 0.25) is 0 Å². The molecule has 2 rings (SSSR count). The fourth-order valence-corrected chi connectivity index (χ4v) is 2.94. The summed E-state index contributed by atoms with van der Waals surface area (Å²) in [7, 11) is 0. The number of anilines is 1. The normalized spacial score (nSPS) is 20.2. The molecule has 0 radical (unpaired) electrons. The molecule has 0 unspecified atom stereocenters. The average Bonchev–Trinajstić information content (AvgIpc) is 2.25. The highest BCUT2D eigenvalue weighted by Gasteiger charge is 2.27. The van der Waals surface area contributed by atoms with E-state index in [0.29, 0.717) is 16.5 Å². The van der Waals surface area contributed by atoms with Crippen molar-refractivity contribution in [1.29, 1.82) is 0 Å². The van der Waals surface area contributed by atoms with Crippen molar-refractivity contribution >= 4 is 33.3 Å². The Morgan fingerprint density at radius 3 is 2.65 bits per heavy atom. The van der Waals surface area contributed by atoms with E-state index in [9.17, 15) is 0 Å². The van der Waals surface area contributed by atoms with Crippen molar-refractivity contribution in [3.05, 3.63) is 21.8 Å². The van der Waals surface area contributed by atoms with Crippen LogP contribution in [-0.4, -0.2) is 11.0 Å². The molecular formula is C13H18BrClN2. The minimum atomic E-state index is 0.495. The molecule has 1 heterocycles. The summed E-state index contributed by atoms with van der Waals surface area (Å²) in [4.78, 5) is 4.32. The second-order valence-electron chi connectivity index (χ2n) is 5.57. The summed E-state index contributed by atoms with van der Waals surface area (Å²) in [5.41, 5.74) is 0.495. The molecule has 2 nitrogen and oxygen atoms in total. The number of nitrogens with one attached hydrogen (secondary N) is 1. The van der Waals surface area contributed by atoms with Crippen LogP contribution in [0.3, 0.4) is 0 Å². The SMILES string of the molecule is CC1(C)CCC(Nc2ncc(Br)cc2Cl)CC1. The summed E-state index contributed by atoms with van der Waals surface area (Å²) in [6.45, 7) is 4.68. The predicted molar refractivity (Wildman–Crippen MR) is 76.6 cm³/mol. The van der Waals surface area contributed by atoms with Gasteiger partial charge in [0, 0.05) is 16.7 Å². The third-order valence-corrected chi connectivity index (χ3v) is 4.21. The number of hydrogen-bond acceptors (Lipinski definition) is 2. The van der Waals surface area contributed by atoms with E-state index in [1.165, 1.54) is 25.7 Å². The Morgan fingerprint density at radius 2 is 2.06 bits per heavy atom. The first-order chi connectivity index (χ1) is 7.96. The summed E-state index contributed by atoms with van der Waals surface area (Å²) >= 11 is 9.51. The molecule has 0 saturated heterocycles. The molecule has 1 fully saturated rings. The van der Waals surface area contributed by atoms with Gasteiger partial charge in [-0.15, -0.1) is 0 Å². The molecule has 17 heavy (non-hydrogen) atoms.